The monoisotopic (exact) mass is 228 g/mol. The summed E-state index contributed by atoms with van der Waals surface area (Å²) in [4.78, 5) is 22.3. The maximum Gasteiger partial charge on any atom is 0.337 e. The van der Waals surface area contributed by atoms with Crippen LogP contribution in [0.5, 0.6) is 0 Å². The molecule has 0 aromatic heterocycles. The molecule has 4 nitrogen and oxygen atoms in total. The zero-order valence-electron chi connectivity index (χ0n) is 10.4. The molecule has 0 saturated carbocycles. The normalized spacial score (nSPS) is 13.1. The SMILES string of the molecule is CCC=C(COC(C)=O)C(=O)OC(C)CC. The lowest BCUT2D eigenvalue weighted by atomic mass is 10.2. The maximum absolute atomic E-state index is 11.6. The van der Waals surface area contributed by atoms with E-state index in [2.05, 4.69) is 0 Å². The number of hydrogen-bond donors (Lipinski definition) is 0. The number of carbonyl (C=O) groups is 2. The lowest BCUT2D eigenvalue weighted by Gasteiger charge is -2.12. The molecule has 0 rings (SSSR count). The first-order valence-electron chi connectivity index (χ1n) is 5.54. The van der Waals surface area contributed by atoms with Crippen LogP contribution in [0.2, 0.25) is 0 Å². The van der Waals surface area contributed by atoms with Gasteiger partial charge in [-0.25, -0.2) is 4.79 Å². The molecule has 0 aromatic rings. The van der Waals surface area contributed by atoms with E-state index < -0.39 is 11.9 Å². The molecule has 0 amide bonds. The molecule has 0 radical (unpaired) electrons. The summed E-state index contributed by atoms with van der Waals surface area (Å²) < 4.78 is 9.93. The summed E-state index contributed by atoms with van der Waals surface area (Å²) in [5.41, 5.74) is 0.401. The van der Waals surface area contributed by atoms with Crippen molar-refractivity contribution in [1.29, 1.82) is 0 Å². The van der Waals surface area contributed by atoms with Gasteiger partial charge in [0.2, 0.25) is 0 Å². The van der Waals surface area contributed by atoms with Gasteiger partial charge in [-0.15, -0.1) is 0 Å². The Bertz CT molecular complexity index is 268. The van der Waals surface area contributed by atoms with Crippen LogP contribution in [0.15, 0.2) is 11.6 Å². The van der Waals surface area contributed by atoms with E-state index in [4.69, 9.17) is 9.47 Å². The Kier molecular flexibility index (Phi) is 7.25. The van der Waals surface area contributed by atoms with Gasteiger partial charge in [-0.05, 0) is 19.8 Å². The summed E-state index contributed by atoms with van der Waals surface area (Å²) >= 11 is 0. The van der Waals surface area contributed by atoms with Crippen LogP contribution in [0.4, 0.5) is 0 Å². The highest BCUT2D eigenvalue weighted by molar-refractivity contribution is 5.89. The summed E-state index contributed by atoms with van der Waals surface area (Å²) in [6.45, 7) is 6.97. The smallest absolute Gasteiger partial charge is 0.337 e. The molecule has 0 fully saturated rings. The highest BCUT2D eigenvalue weighted by atomic mass is 16.6. The summed E-state index contributed by atoms with van der Waals surface area (Å²) in [5.74, 6) is -0.809. The van der Waals surface area contributed by atoms with Gasteiger partial charge < -0.3 is 9.47 Å². The first kappa shape index (κ1) is 14.7. The van der Waals surface area contributed by atoms with Crippen molar-refractivity contribution in [2.45, 2.75) is 46.6 Å². The number of carbonyl (C=O) groups excluding carboxylic acids is 2. The third-order valence-electron chi connectivity index (χ3n) is 2.03. The highest BCUT2D eigenvalue weighted by Crippen LogP contribution is 2.06. The van der Waals surface area contributed by atoms with Gasteiger partial charge >= 0.3 is 11.9 Å². The van der Waals surface area contributed by atoms with Crippen molar-refractivity contribution in [1.82, 2.24) is 0 Å². The third-order valence-corrected chi connectivity index (χ3v) is 2.03. The fourth-order valence-electron chi connectivity index (χ4n) is 0.969. The Morgan fingerprint density at radius 1 is 1.31 bits per heavy atom. The Balaban J connectivity index is 4.36. The van der Waals surface area contributed by atoms with Crippen LogP contribution >= 0.6 is 0 Å². The largest absolute Gasteiger partial charge is 0.461 e. The van der Waals surface area contributed by atoms with Crippen molar-refractivity contribution in [3.63, 3.8) is 0 Å². The van der Waals surface area contributed by atoms with Gasteiger partial charge in [-0.1, -0.05) is 19.9 Å². The zero-order chi connectivity index (χ0) is 12.6. The Hall–Kier alpha value is -1.32. The summed E-state index contributed by atoms with van der Waals surface area (Å²) in [7, 11) is 0. The van der Waals surface area contributed by atoms with Crippen molar-refractivity contribution < 1.29 is 19.1 Å². The average molecular weight is 228 g/mol. The molecule has 0 aliphatic heterocycles. The topological polar surface area (TPSA) is 52.6 Å². The van der Waals surface area contributed by atoms with Crippen molar-refractivity contribution in [2.24, 2.45) is 0 Å². The molecule has 0 aliphatic rings. The van der Waals surface area contributed by atoms with E-state index in [1.165, 1.54) is 6.92 Å². The summed E-state index contributed by atoms with van der Waals surface area (Å²) in [5, 5.41) is 0. The van der Waals surface area contributed by atoms with E-state index in [1.54, 1.807) is 6.08 Å². The number of allylic oxidation sites excluding steroid dienone is 1. The van der Waals surface area contributed by atoms with Gasteiger partial charge in [0.15, 0.2) is 0 Å². The highest BCUT2D eigenvalue weighted by Gasteiger charge is 2.14. The Labute approximate surface area is 96.6 Å². The molecule has 1 unspecified atom stereocenters. The van der Waals surface area contributed by atoms with E-state index in [0.29, 0.717) is 12.0 Å². The molecular weight excluding hydrogens is 208 g/mol. The molecule has 0 saturated heterocycles. The molecule has 0 heterocycles. The predicted molar refractivity (Wildman–Crippen MR) is 60.9 cm³/mol. The quantitative estimate of drug-likeness (QED) is 0.516. The van der Waals surface area contributed by atoms with Crippen LogP contribution in [-0.4, -0.2) is 24.6 Å². The molecule has 0 aromatic carbocycles. The van der Waals surface area contributed by atoms with E-state index in [-0.39, 0.29) is 12.7 Å². The summed E-state index contributed by atoms with van der Waals surface area (Å²) in [6.07, 6.45) is 3.06. The number of ether oxygens (including phenoxy) is 2. The first-order valence-corrected chi connectivity index (χ1v) is 5.54. The second kappa shape index (κ2) is 7.91. The van der Waals surface area contributed by atoms with Crippen molar-refractivity contribution >= 4 is 11.9 Å². The lowest BCUT2D eigenvalue weighted by Crippen LogP contribution is -2.19. The Morgan fingerprint density at radius 3 is 2.38 bits per heavy atom. The molecule has 92 valence electrons. The minimum atomic E-state index is -0.405. The minimum Gasteiger partial charge on any atom is -0.461 e. The van der Waals surface area contributed by atoms with Gasteiger partial charge in [0.25, 0.3) is 0 Å². The predicted octanol–water partition coefficient (Wildman–Crippen LogP) is 2.23. The first-order chi connectivity index (χ1) is 7.51. The van der Waals surface area contributed by atoms with Gasteiger partial charge in [0, 0.05) is 6.92 Å². The molecule has 1 atom stereocenters. The van der Waals surface area contributed by atoms with Crippen LogP contribution in [0.25, 0.3) is 0 Å². The molecule has 0 spiro atoms. The van der Waals surface area contributed by atoms with Crippen molar-refractivity contribution in [3.05, 3.63) is 11.6 Å². The van der Waals surface area contributed by atoms with Gasteiger partial charge in [-0.2, -0.15) is 0 Å². The van der Waals surface area contributed by atoms with Crippen LogP contribution in [-0.2, 0) is 19.1 Å². The lowest BCUT2D eigenvalue weighted by molar-refractivity contribution is -0.146. The summed E-state index contributed by atoms with van der Waals surface area (Å²) in [6, 6.07) is 0. The number of esters is 2. The van der Waals surface area contributed by atoms with Gasteiger partial charge in [0.1, 0.15) is 6.61 Å². The fraction of sp³-hybridized carbons (Fsp3) is 0.667. The van der Waals surface area contributed by atoms with E-state index in [1.807, 2.05) is 20.8 Å². The third kappa shape index (κ3) is 6.22. The van der Waals surface area contributed by atoms with Crippen LogP contribution < -0.4 is 0 Å². The Morgan fingerprint density at radius 2 is 1.94 bits per heavy atom. The fourth-order valence-corrected chi connectivity index (χ4v) is 0.969. The second-order valence-corrected chi connectivity index (χ2v) is 3.54. The maximum atomic E-state index is 11.6. The minimum absolute atomic E-state index is 0.0154. The average Bonchev–Trinajstić information content (AvgIpc) is 2.23. The molecular formula is C12H20O4. The van der Waals surface area contributed by atoms with Crippen LogP contribution in [0, 0.1) is 0 Å². The zero-order valence-corrected chi connectivity index (χ0v) is 10.4. The molecule has 0 bridgehead atoms. The van der Waals surface area contributed by atoms with Crippen molar-refractivity contribution in [2.75, 3.05) is 6.61 Å². The second-order valence-electron chi connectivity index (χ2n) is 3.54. The van der Waals surface area contributed by atoms with Crippen molar-refractivity contribution in [3.8, 4) is 0 Å². The van der Waals surface area contributed by atoms with Gasteiger partial charge in [0.05, 0.1) is 11.7 Å². The standard InChI is InChI=1S/C12H20O4/c1-5-7-11(8-15-10(4)13)12(14)16-9(3)6-2/h7,9H,5-6,8H2,1-4H3. The van der Waals surface area contributed by atoms with Gasteiger partial charge in [-0.3, -0.25) is 4.79 Å². The van der Waals surface area contributed by atoms with E-state index in [9.17, 15) is 9.59 Å². The molecule has 4 heteroatoms. The molecule has 0 aliphatic carbocycles. The molecule has 0 N–H and O–H groups in total. The van der Waals surface area contributed by atoms with E-state index in [0.717, 1.165) is 6.42 Å². The molecule has 16 heavy (non-hydrogen) atoms. The van der Waals surface area contributed by atoms with E-state index >= 15 is 0 Å². The van der Waals surface area contributed by atoms with Crippen LogP contribution in [0.1, 0.15) is 40.5 Å². The van der Waals surface area contributed by atoms with Crippen LogP contribution in [0.3, 0.4) is 0 Å². The number of hydrogen-bond acceptors (Lipinski definition) is 4. The number of rotatable bonds is 6.